The van der Waals surface area contributed by atoms with Gasteiger partial charge in [0.2, 0.25) is 5.91 Å². The van der Waals surface area contributed by atoms with Crippen molar-refractivity contribution in [3.63, 3.8) is 0 Å². The Morgan fingerprint density at radius 2 is 2.04 bits per heavy atom. The molecule has 0 bridgehead atoms. The quantitative estimate of drug-likeness (QED) is 0.462. The number of hydrogen-bond donors (Lipinski definition) is 1. The molecule has 0 aliphatic carbocycles. The fourth-order valence-corrected chi connectivity index (χ4v) is 3.50. The van der Waals surface area contributed by atoms with Gasteiger partial charge in [0.05, 0.1) is 9.83 Å². The summed E-state index contributed by atoms with van der Waals surface area (Å²) in [6, 6.07) is 6.39. The molecule has 3 amide bonds. The first-order chi connectivity index (χ1) is 13.2. The van der Waals surface area contributed by atoms with Crippen LogP contribution in [0.15, 0.2) is 33.6 Å². The number of benzene rings is 1. The summed E-state index contributed by atoms with van der Waals surface area (Å²) in [6.07, 6.45) is 1.38. The van der Waals surface area contributed by atoms with Gasteiger partial charge in [0, 0.05) is 23.3 Å². The molecule has 1 aromatic carbocycles. The Morgan fingerprint density at radius 1 is 1.32 bits per heavy atom. The summed E-state index contributed by atoms with van der Waals surface area (Å²) in [6.45, 7) is 2.95. The lowest BCUT2D eigenvalue weighted by Crippen LogP contribution is -2.36. The van der Waals surface area contributed by atoms with E-state index < -0.39 is 28.5 Å². The van der Waals surface area contributed by atoms with Crippen molar-refractivity contribution in [2.45, 2.75) is 13.8 Å². The van der Waals surface area contributed by atoms with E-state index in [1.165, 1.54) is 12.1 Å². The lowest BCUT2D eigenvalue weighted by Gasteiger charge is -2.08. The molecule has 1 fully saturated rings. The minimum absolute atomic E-state index is 0.0134. The first-order valence-electron chi connectivity index (χ1n) is 8.07. The Balaban J connectivity index is 1.91. The number of carbonyl (C=O) groups is 3. The highest BCUT2D eigenvalue weighted by atomic mass is 32.2. The highest BCUT2D eigenvalue weighted by molar-refractivity contribution is 8.18. The molecule has 144 valence electrons. The molecule has 28 heavy (non-hydrogen) atoms. The summed E-state index contributed by atoms with van der Waals surface area (Å²) < 4.78 is 5.68. The normalized spacial score (nSPS) is 15.5. The standard InChI is InChI=1S/C18H15N3O6S/c1-9-5-11(6-13(10(9)2)21(25)26)14-4-3-12(27-14)7-15-17(23)20(8-16(19)22)18(24)28-15/h3-7H,8H2,1-2H3,(H2,19,22)/b15-7-. The van der Waals surface area contributed by atoms with E-state index in [9.17, 15) is 24.5 Å². The first-order valence-corrected chi connectivity index (χ1v) is 8.88. The van der Waals surface area contributed by atoms with Crippen molar-refractivity contribution in [2.75, 3.05) is 6.54 Å². The van der Waals surface area contributed by atoms with E-state index in [0.29, 0.717) is 34.4 Å². The largest absolute Gasteiger partial charge is 0.457 e. The molecule has 2 aromatic rings. The lowest BCUT2D eigenvalue weighted by atomic mass is 10.0. The molecule has 0 radical (unpaired) electrons. The van der Waals surface area contributed by atoms with Crippen LogP contribution < -0.4 is 5.73 Å². The molecule has 0 unspecified atom stereocenters. The van der Waals surface area contributed by atoms with Gasteiger partial charge in [-0.05, 0) is 49.4 Å². The van der Waals surface area contributed by atoms with E-state index in [-0.39, 0.29) is 10.6 Å². The maximum Gasteiger partial charge on any atom is 0.294 e. The second kappa shape index (κ2) is 7.31. The van der Waals surface area contributed by atoms with Crippen LogP contribution in [0.4, 0.5) is 10.5 Å². The van der Waals surface area contributed by atoms with Crippen LogP contribution in [-0.4, -0.2) is 33.4 Å². The lowest BCUT2D eigenvalue weighted by molar-refractivity contribution is -0.385. The van der Waals surface area contributed by atoms with Gasteiger partial charge in [-0.1, -0.05) is 0 Å². The van der Waals surface area contributed by atoms with Crippen molar-refractivity contribution in [3.05, 3.63) is 56.2 Å². The summed E-state index contributed by atoms with van der Waals surface area (Å²) in [5.41, 5.74) is 6.87. The molecule has 1 aromatic heterocycles. The zero-order valence-corrected chi connectivity index (χ0v) is 15.7. The average Bonchev–Trinajstić information content (AvgIpc) is 3.17. The van der Waals surface area contributed by atoms with Crippen LogP contribution in [-0.2, 0) is 9.59 Å². The second-order valence-electron chi connectivity index (χ2n) is 6.13. The number of thioether (sulfide) groups is 1. The van der Waals surface area contributed by atoms with Crippen LogP contribution in [0.5, 0.6) is 0 Å². The number of amides is 3. The Morgan fingerprint density at radius 3 is 2.68 bits per heavy atom. The van der Waals surface area contributed by atoms with Crippen molar-refractivity contribution in [1.29, 1.82) is 0 Å². The van der Waals surface area contributed by atoms with E-state index in [1.807, 2.05) is 0 Å². The Hall–Kier alpha value is -3.40. The topological polar surface area (TPSA) is 137 Å². The number of primary amides is 1. The zero-order chi connectivity index (χ0) is 20.6. The molecule has 1 aliphatic heterocycles. The maximum absolute atomic E-state index is 12.2. The van der Waals surface area contributed by atoms with Crippen molar-refractivity contribution in [2.24, 2.45) is 5.73 Å². The third kappa shape index (κ3) is 3.67. The number of hydrogen-bond acceptors (Lipinski definition) is 7. The molecule has 0 spiro atoms. The number of nitrogens with two attached hydrogens (primary N) is 1. The van der Waals surface area contributed by atoms with Gasteiger partial charge in [0.25, 0.3) is 16.8 Å². The second-order valence-corrected chi connectivity index (χ2v) is 7.12. The third-order valence-electron chi connectivity index (χ3n) is 4.21. The summed E-state index contributed by atoms with van der Waals surface area (Å²) in [5.74, 6) is -0.747. The third-order valence-corrected chi connectivity index (χ3v) is 5.12. The number of aryl methyl sites for hydroxylation is 1. The summed E-state index contributed by atoms with van der Waals surface area (Å²) in [4.78, 5) is 46.7. The molecule has 2 N–H and O–H groups in total. The van der Waals surface area contributed by atoms with E-state index in [2.05, 4.69) is 0 Å². The van der Waals surface area contributed by atoms with E-state index >= 15 is 0 Å². The number of carbonyl (C=O) groups excluding carboxylic acids is 3. The van der Waals surface area contributed by atoms with E-state index in [1.54, 1.807) is 32.0 Å². The van der Waals surface area contributed by atoms with Crippen LogP contribution in [0, 0.1) is 24.0 Å². The van der Waals surface area contributed by atoms with Gasteiger partial charge < -0.3 is 10.2 Å². The fourth-order valence-electron chi connectivity index (χ4n) is 2.68. The number of imide groups is 1. The van der Waals surface area contributed by atoms with Gasteiger partial charge in [-0.2, -0.15) is 0 Å². The Kier molecular flexibility index (Phi) is 5.06. The molecule has 0 saturated carbocycles. The molecule has 3 rings (SSSR count). The van der Waals surface area contributed by atoms with E-state index in [0.717, 1.165) is 10.5 Å². The number of nitrogens with zero attached hydrogens (tertiary/aromatic N) is 2. The van der Waals surface area contributed by atoms with Crippen LogP contribution in [0.25, 0.3) is 17.4 Å². The van der Waals surface area contributed by atoms with Crippen LogP contribution in [0.3, 0.4) is 0 Å². The van der Waals surface area contributed by atoms with Gasteiger partial charge in [-0.25, -0.2) is 0 Å². The fraction of sp³-hybridized carbons (Fsp3) is 0.167. The molecule has 10 heteroatoms. The number of nitro groups is 1. The van der Waals surface area contributed by atoms with Gasteiger partial charge in [0.15, 0.2) is 0 Å². The minimum Gasteiger partial charge on any atom is -0.457 e. The average molecular weight is 401 g/mol. The summed E-state index contributed by atoms with van der Waals surface area (Å²) in [5, 5.41) is 10.6. The molecule has 1 aliphatic rings. The maximum atomic E-state index is 12.2. The molecular weight excluding hydrogens is 386 g/mol. The monoisotopic (exact) mass is 401 g/mol. The summed E-state index contributed by atoms with van der Waals surface area (Å²) in [7, 11) is 0. The van der Waals surface area contributed by atoms with Crippen molar-refractivity contribution >= 4 is 40.6 Å². The zero-order valence-electron chi connectivity index (χ0n) is 14.9. The predicted octanol–water partition coefficient (Wildman–Crippen LogP) is 2.99. The van der Waals surface area contributed by atoms with Gasteiger partial charge in [0.1, 0.15) is 18.1 Å². The van der Waals surface area contributed by atoms with Crippen LogP contribution in [0.2, 0.25) is 0 Å². The highest BCUT2D eigenvalue weighted by Gasteiger charge is 2.36. The first kappa shape index (κ1) is 19.4. The molecule has 1 saturated heterocycles. The SMILES string of the molecule is Cc1cc(-c2ccc(/C=C3\SC(=O)N(CC(N)=O)C3=O)o2)cc([N+](=O)[O-])c1C. The highest BCUT2D eigenvalue weighted by Crippen LogP contribution is 2.34. The predicted molar refractivity (Wildman–Crippen MR) is 102 cm³/mol. The number of rotatable bonds is 5. The smallest absolute Gasteiger partial charge is 0.294 e. The van der Waals surface area contributed by atoms with Gasteiger partial charge in [-0.15, -0.1) is 0 Å². The number of nitro benzene ring substituents is 1. The minimum atomic E-state index is -0.792. The number of furan rings is 1. The van der Waals surface area contributed by atoms with Crippen LogP contribution >= 0.6 is 11.8 Å². The van der Waals surface area contributed by atoms with E-state index in [4.69, 9.17) is 10.2 Å². The molecule has 2 heterocycles. The Bertz CT molecular complexity index is 1060. The van der Waals surface area contributed by atoms with Crippen LogP contribution in [0.1, 0.15) is 16.9 Å². The van der Waals surface area contributed by atoms with Crippen molar-refractivity contribution < 1.29 is 23.7 Å². The van der Waals surface area contributed by atoms with Crippen molar-refractivity contribution in [1.82, 2.24) is 4.90 Å². The Labute approximate surface area is 163 Å². The molecule has 9 nitrogen and oxygen atoms in total. The van der Waals surface area contributed by atoms with Crippen molar-refractivity contribution in [3.8, 4) is 11.3 Å². The molecule has 0 atom stereocenters. The molecular formula is C18H15N3O6S. The van der Waals surface area contributed by atoms with Gasteiger partial charge >= 0.3 is 0 Å². The summed E-state index contributed by atoms with van der Waals surface area (Å²) >= 11 is 0.676. The van der Waals surface area contributed by atoms with Gasteiger partial charge in [-0.3, -0.25) is 29.4 Å².